The number of hydrogen-bond donors (Lipinski definition) is 0. The molecular weight excluding hydrogens is 289 g/mol. The van der Waals surface area contributed by atoms with Gasteiger partial charge in [0.15, 0.2) is 11.6 Å². The first kappa shape index (κ1) is 15.4. The van der Waals surface area contributed by atoms with Gasteiger partial charge in [-0.2, -0.15) is 0 Å². The molecule has 2 saturated carbocycles. The zero-order valence-electron chi connectivity index (χ0n) is 14.2. The summed E-state index contributed by atoms with van der Waals surface area (Å²) in [7, 11) is 2.09. The van der Waals surface area contributed by atoms with Crippen LogP contribution in [-0.2, 0) is 13.0 Å². The first-order chi connectivity index (χ1) is 11.2. The molecule has 1 aromatic carbocycles. The second kappa shape index (κ2) is 6.08. The highest BCUT2D eigenvalue weighted by atomic mass is 19.1. The molecular formula is C20H28FNO. The zero-order valence-corrected chi connectivity index (χ0v) is 14.2. The highest BCUT2D eigenvalue weighted by Gasteiger charge is 2.45. The van der Waals surface area contributed by atoms with E-state index in [9.17, 15) is 4.39 Å². The summed E-state index contributed by atoms with van der Waals surface area (Å²) >= 11 is 0. The normalized spacial score (nSPS) is 26.6. The highest BCUT2D eigenvalue weighted by Crippen LogP contribution is 2.55. The Labute approximate surface area is 139 Å². The van der Waals surface area contributed by atoms with E-state index in [-0.39, 0.29) is 5.82 Å². The summed E-state index contributed by atoms with van der Waals surface area (Å²) in [4.78, 5) is 2.24. The zero-order chi connectivity index (χ0) is 15.9. The van der Waals surface area contributed by atoms with Gasteiger partial charge in [-0.1, -0.05) is 19.3 Å². The molecule has 3 aliphatic rings. The Morgan fingerprint density at radius 3 is 2.78 bits per heavy atom. The number of ether oxygens (including phenoxy) is 1. The van der Waals surface area contributed by atoms with Gasteiger partial charge in [0.1, 0.15) is 0 Å². The van der Waals surface area contributed by atoms with E-state index in [1.54, 1.807) is 6.07 Å². The van der Waals surface area contributed by atoms with Gasteiger partial charge < -0.3 is 9.64 Å². The van der Waals surface area contributed by atoms with Gasteiger partial charge in [-0.05, 0) is 73.7 Å². The SMILES string of the molecule is CN1CCc2cc(OCC3CCCCC34CCC4)c(F)cc2C1. The molecule has 0 N–H and O–H groups in total. The summed E-state index contributed by atoms with van der Waals surface area (Å²) < 4.78 is 20.4. The molecule has 1 spiro atoms. The van der Waals surface area contributed by atoms with Crippen LogP contribution in [-0.4, -0.2) is 25.1 Å². The number of benzene rings is 1. The third-order valence-electron chi connectivity index (χ3n) is 6.59. The molecule has 0 saturated heterocycles. The molecule has 0 bridgehead atoms. The maximum Gasteiger partial charge on any atom is 0.165 e. The average molecular weight is 317 g/mol. The summed E-state index contributed by atoms with van der Waals surface area (Å²) in [5.74, 6) is 0.928. The van der Waals surface area contributed by atoms with Crippen LogP contribution in [0.5, 0.6) is 5.75 Å². The van der Waals surface area contributed by atoms with E-state index in [0.717, 1.165) is 25.1 Å². The predicted octanol–water partition coefficient (Wildman–Crippen LogP) is 4.55. The van der Waals surface area contributed by atoms with Crippen LogP contribution in [0.4, 0.5) is 4.39 Å². The minimum Gasteiger partial charge on any atom is -0.490 e. The van der Waals surface area contributed by atoms with E-state index in [0.29, 0.717) is 23.7 Å². The Morgan fingerprint density at radius 1 is 1.17 bits per heavy atom. The van der Waals surface area contributed by atoms with Crippen LogP contribution >= 0.6 is 0 Å². The summed E-state index contributed by atoms with van der Waals surface area (Å²) in [5, 5.41) is 0. The summed E-state index contributed by atoms with van der Waals surface area (Å²) in [6.07, 6.45) is 10.4. The largest absolute Gasteiger partial charge is 0.490 e. The lowest BCUT2D eigenvalue weighted by Gasteiger charge is -2.50. The fourth-order valence-electron chi connectivity index (χ4n) is 4.93. The van der Waals surface area contributed by atoms with Gasteiger partial charge in [0.2, 0.25) is 0 Å². The quantitative estimate of drug-likeness (QED) is 0.811. The van der Waals surface area contributed by atoms with E-state index < -0.39 is 0 Å². The smallest absolute Gasteiger partial charge is 0.165 e. The molecule has 2 fully saturated rings. The van der Waals surface area contributed by atoms with Gasteiger partial charge in [-0.3, -0.25) is 0 Å². The maximum atomic E-state index is 14.4. The average Bonchev–Trinajstić information content (AvgIpc) is 2.51. The van der Waals surface area contributed by atoms with E-state index in [2.05, 4.69) is 11.9 Å². The van der Waals surface area contributed by atoms with Crippen LogP contribution in [0.1, 0.15) is 56.1 Å². The third kappa shape index (κ3) is 2.88. The Kier molecular flexibility index (Phi) is 4.08. The number of likely N-dealkylation sites (N-methyl/N-ethyl adjacent to an activating group) is 1. The Hall–Kier alpha value is -1.09. The van der Waals surface area contributed by atoms with Crippen LogP contribution in [0.15, 0.2) is 12.1 Å². The van der Waals surface area contributed by atoms with Crippen molar-refractivity contribution in [3.8, 4) is 5.75 Å². The minimum absolute atomic E-state index is 0.183. The van der Waals surface area contributed by atoms with Gasteiger partial charge in [0.05, 0.1) is 6.61 Å². The molecule has 1 atom stereocenters. The van der Waals surface area contributed by atoms with Crippen molar-refractivity contribution in [1.82, 2.24) is 4.90 Å². The molecule has 1 unspecified atom stereocenters. The fourth-order valence-corrected chi connectivity index (χ4v) is 4.93. The second-order valence-corrected chi connectivity index (χ2v) is 8.01. The van der Waals surface area contributed by atoms with Gasteiger partial charge in [-0.25, -0.2) is 4.39 Å². The number of nitrogens with zero attached hydrogens (tertiary/aromatic N) is 1. The van der Waals surface area contributed by atoms with Crippen LogP contribution in [0.2, 0.25) is 0 Å². The van der Waals surface area contributed by atoms with E-state index >= 15 is 0 Å². The molecule has 2 aliphatic carbocycles. The first-order valence-electron chi connectivity index (χ1n) is 9.29. The van der Waals surface area contributed by atoms with Crippen LogP contribution < -0.4 is 4.74 Å². The molecule has 0 amide bonds. The first-order valence-corrected chi connectivity index (χ1v) is 9.29. The topological polar surface area (TPSA) is 12.5 Å². The number of rotatable bonds is 3. The van der Waals surface area contributed by atoms with Crippen molar-refractivity contribution in [2.24, 2.45) is 11.3 Å². The Morgan fingerprint density at radius 2 is 2.00 bits per heavy atom. The van der Waals surface area contributed by atoms with Crippen molar-refractivity contribution >= 4 is 0 Å². The summed E-state index contributed by atoms with van der Waals surface area (Å²) in [5.41, 5.74) is 2.92. The van der Waals surface area contributed by atoms with E-state index in [1.807, 2.05) is 6.07 Å². The lowest BCUT2D eigenvalue weighted by atomic mass is 9.55. The van der Waals surface area contributed by atoms with Crippen molar-refractivity contribution < 1.29 is 9.13 Å². The Balaban J connectivity index is 1.46. The van der Waals surface area contributed by atoms with Crippen molar-refractivity contribution in [3.05, 3.63) is 29.1 Å². The van der Waals surface area contributed by atoms with E-state index in [4.69, 9.17) is 4.74 Å². The molecule has 1 aromatic rings. The number of halogens is 1. The molecule has 23 heavy (non-hydrogen) atoms. The third-order valence-corrected chi connectivity index (χ3v) is 6.59. The molecule has 0 aromatic heterocycles. The molecule has 1 heterocycles. The molecule has 1 aliphatic heterocycles. The second-order valence-electron chi connectivity index (χ2n) is 8.01. The van der Waals surface area contributed by atoms with Crippen molar-refractivity contribution in [2.45, 2.75) is 57.9 Å². The number of hydrogen-bond acceptors (Lipinski definition) is 2. The highest BCUT2D eigenvalue weighted by molar-refractivity contribution is 5.38. The van der Waals surface area contributed by atoms with Crippen molar-refractivity contribution in [3.63, 3.8) is 0 Å². The molecule has 126 valence electrons. The lowest BCUT2D eigenvalue weighted by Crippen LogP contribution is -2.42. The van der Waals surface area contributed by atoms with E-state index in [1.165, 1.54) is 50.5 Å². The van der Waals surface area contributed by atoms with Gasteiger partial charge in [0, 0.05) is 13.1 Å². The Bertz CT molecular complexity index is 581. The van der Waals surface area contributed by atoms with Gasteiger partial charge >= 0.3 is 0 Å². The van der Waals surface area contributed by atoms with Crippen molar-refractivity contribution in [1.29, 1.82) is 0 Å². The van der Waals surface area contributed by atoms with Crippen LogP contribution in [0.3, 0.4) is 0 Å². The standard InChI is InChI=1S/C20H28FNO/c1-22-10-6-15-12-19(18(21)11-16(15)13-22)23-14-17-5-2-3-7-20(17)8-4-9-20/h11-12,17H,2-10,13-14H2,1H3. The maximum absolute atomic E-state index is 14.4. The lowest BCUT2D eigenvalue weighted by molar-refractivity contribution is -0.0173. The summed E-state index contributed by atoms with van der Waals surface area (Å²) in [6, 6.07) is 3.66. The molecule has 3 heteroatoms. The monoisotopic (exact) mass is 317 g/mol. The number of fused-ring (bicyclic) bond motifs is 1. The van der Waals surface area contributed by atoms with Crippen molar-refractivity contribution in [2.75, 3.05) is 20.2 Å². The predicted molar refractivity (Wildman–Crippen MR) is 90.2 cm³/mol. The minimum atomic E-state index is -0.183. The van der Waals surface area contributed by atoms with Crippen LogP contribution in [0.25, 0.3) is 0 Å². The summed E-state index contributed by atoms with van der Waals surface area (Å²) in [6.45, 7) is 2.59. The van der Waals surface area contributed by atoms with Crippen LogP contribution in [0, 0.1) is 17.2 Å². The molecule has 4 rings (SSSR count). The van der Waals surface area contributed by atoms with Gasteiger partial charge in [0.25, 0.3) is 0 Å². The molecule has 0 radical (unpaired) electrons. The molecule has 2 nitrogen and oxygen atoms in total. The van der Waals surface area contributed by atoms with Gasteiger partial charge in [-0.15, -0.1) is 0 Å². The fraction of sp³-hybridized carbons (Fsp3) is 0.700.